The SMILES string of the molecule is CCn1ccc2c1CCN(C(=O)OC(C)(C)C)C2=O. The Bertz CT molecular complexity index is 511. The van der Waals surface area contributed by atoms with E-state index in [2.05, 4.69) is 0 Å². The van der Waals surface area contributed by atoms with Gasteiger partial charge in [-0.15, -0.1) is 0 Å². The minimum atomic E-state index is -0.590. The second-order valence-electron chi connectivity index (χ2n) is 5.65. The molecule has 0 saturated heterocycles. The quantitative estimate of drug-likeness (QED) is 0.782. The van der Waals surface area contributed by atoms with Crippen LogP contribution in [0, 0.1) is 0 Å². The first-order valence-electron chi connectivity index (χ1n) is 6.56. The second kappa shape index (κ2) is 4.72. The monoisotopic (exact) mass is 264 g/mol. The van der Waals surface area contributed by atoms with Crippen LogP contribution >= 0.6 is 0 Å². The van der Waals surface area contributed by atoms with E-state index in [9.17, 15) is 9.59 Å². The molecule has 5 heteroatoms. The summed E-state index contributed by atoms with van der Waals surface area (Å²) in [5.74, 6) is -0.261. The van der Waals surface area contributed by atoms with Gasteiger partial charge in [0.2, 0.25) is 0 Å². The van der Waals surface area contributed by atoms with Crippen LogP contribution in [0.5, 0.6) is 0 Å². The third-order valence-corrected chi connectivity index (χ3v) is 3.08. The summed E-state index contributed by atoms with van der Waals surface area (Å²) in [6.45, 7) is 8.61. The molecule has 0 unspecified atom stereocenters. The maximum atomic E-state index is 12.3. The molecule has 0 aromatic carbocycles. The van der Waals surface area contributed by atoms with E-state index in [1.54, 1.807) is 26.8 Å². The van der Waals surface area contributed by atoms with Crippen molar-refractivity contribution in [2.45, 2.75) is 46.3 Å². The molecule has 0 N–H and O–H groups in total. The molecule has 1 aliphatic rings. The van der Waals surface area contributed by atoms with E-state index in [1.807, 2.05) is 17.7 Å². The number of rotatable bonds is 1. The number of hydrogen-bond donors (Lipinski definition) is 0. The first-order chi connectivity index (χ1) is 8.83. The number of aryl methyl sites for hydroxylation is 1. The molecular formula is C14H20N2O3. The smallest absolute Gasteiger partial charge is 0.417 e. The molecule has 19 heavy (non-hydrogen) atoms. The zero-order chi connectivity index (χ0) is 14.2. The fourth-order valence-corrected chi connectivity index (χ4v) is 2.23. The molecule has 104 valence electrons. The van der Waals surface area contributed by atoms with Crippen LogP contribution in [-0.2, 0) is 17.7 Å². The van der Waals surface area contributed by atoms with E-state index in [0.717, 1.165) is 12.2 Å². The van der Waals surface area contributed by atoms with Crippen molar-refractivity contribution in [1.29, 1.82) is 0 Å². The lowest BCUT2D eigenvalue weighted by Crippen LogP contribution is -2.44. The maximum Gasteiger partial charge on any atom is 0.417 e. The first kappa shape index (κ1) is 13.6. The van der Waals surface area contributed by atoms with Gasteiger partial charge < -0.3 is 9.30 Å². The predicted octanol–water partition coefficient (Wildman–Crippen LogP) is 2.44. The molecular weight excluding hydrogens is 244 g/mol. The Morgan fingerprint density at radius 1 is 1.42 bits per heavy atom. The van der Waals surface area contributed by atoms with Gasteiger partial charge in [0.1, 0.15) is 5.60 Å². The normalized spacial score (nSPS) is 15.4. The number of aromatic nitrogens is 1. The van der Waals surface area contributed by atoms with Crippen LogP contribution in [0.3, 0.4) is 0 Å². The lowest BCUT2D eigenvalue weighted by atomic mass is 10.1. The second-order valence-corrected chi connectivity index (χ2v) is 5.65. The highest BCUT2D eigenvalue weighted by molar-refractivity contribution is 6.04. The number of carbonyl (C=O) groups is 2. The van der Waals surface area contributed by atoms with Crippen molar-refractivity contribution in [3.8, 4) is 0 Å². The maximum absolute atomic E-state index is 12.3. The van der Waals surface area contributed by atoms with E-state index in [1.165, 1.54) is 4.90 Å². The summed E-state index contributed by atoms with van der Waals surface area (Å²) < 4.78 is 7.30. The van der Waals surface area contributed by atoms with E-state index >= 15 is 0 Å². The van der Waals surface area contributed by atoms with Crippen molar-refractivity contribution in [2.75, 3.05) is 6.54 Å². The summed E-state index contributed by atoms with van der Waals surface area (Å²) in [5, 5.41) is 0. The molecule has 0 radical (unpaired) electrons. The first-order valence-corrected chi connectivity index (χ1v) is 6.56. The van der Waals surface area contributed by atoms with Gasteiger partial charge in [-0.05, 0) is 33.8 Å². The largest absolute Gasteiger partial charge is 0.443 e. The minimum absolute atomic E-state index is 0.261. The molecule has 0 atom stereocenters. The fourth-order valence-electron chi connectivity index (χ4n) is 2.23. The summed E-state index contributed by atoms with van der Waals surface area (Å²) in [4.78, 5) is 25.5. The Labute approximate surface area is 113 Å². The summed E-state index contributed by atoms with van der Waals surface area (Å²) in [6, 6.07) is 1.78. The predicted molar refractivity (Wildman–Crippen MR) is 71.1 cm³/mol. The number of ether oxygens (including phenoxy) is 1. The summed E-state index contributed by atoms with van der Waals surface area (Å²) >= 11 is 0. The number of imide groups is 1. The lowest BCUT2D eigenvalue weighted by Gasteiger charge is -2.29. The van der Waals surface area contributed by atoms with Gasteiger partial charge in [0.25, 0.3) is 5.91 Å². The van der Waals surface area contributed by atoms with Crippen LogP contribution in [0.1, 0.15) is 43.7 Å². The number of hydrogen-bond acceptors (Lipinski definition) is 3. The standard InChI is InChI=1S/C14H20N2O3/c1-5-15-8-6-10-11(15)7-9-16(12(10)17)13(18)19-14(2,3)4/h6,8H,5,7,9H2,1-4H3. The molecule has 2 amide bonds. The van der Waals surface area contributed by atoms with Crippen LogP contribution in [0.4, 0.5) is 4.79 Å². The molecule has 1 aliphatic heterocycles. The van der Waals surface area contributed by atoms with E-state index in [-0.39, 0.29) is 5.91 Å². The van der Waals surface area contributed by atoms with Crippen LogP contribution in [0.25, 0.3) is 0 Å². The van der Waals surface area contributed by atoms with E-state index < -0.39 is 11.7 Å². The Hall–Kier alpha value is -1.78. The molecule has 0 fully saturated rings. The average molecular weight is 264 g/mol. The van der Waals surface area contributed by atoms with E-state index in [4.69, 9.17) is 4.74 Å². The average Bonchev–Trinajstić information content (AvgIpc) is 2.70. The molecule has 0 saturated carbocycles. The van der Waals surface area contributed by atoms with Gasteiger partial charge in [0.15, 0.2) is 0 Å². The van der Waals surface area contributed by atoms with Crippen LogP contribution in [0.15, 0.2) is 12.3 Å². The lowest BCUT2D eigenvalue weighted by molar-refractivity contribution is 0.0232. The van der Waals surface area contributed by atoms with E-state index in [0.29, 0.717) is 18.5 Å². The van der Waals surface area contributed by atoms with Crippen LogP contribution < -0.4 is 0 Å². The van der Waals surface area contributed by atoms with Crippen molar-refractivity contribution < 1.29 is 14.3 Å². The Balaban J connectivity index is 2.20. The Kier molecular flexibility index (Phi) is 3.39. The van der Waals surface area contributed by atoms with Gasteiger partial charge >= 0.3 is 6.09 Å². The number of carbonyl (C=O) groups excluding carboxylic acids is 2. The summed E-state index contributed by atoms with van der Waals surface area (Å²) in [7, 11) is 0. The molecule has 2 heterocycles. The van der Waals surface area contributed by atoms with Gasteiger partial charge in [-0.2, -0.15) is 0 Å². The topological polar surface area (TPSA) is 51.5 Å². The molecule has 5 nitrogen and oxygen atoms in total. The molecule has 0 aliphatic carbocycles. The molecule has 1 aromatic heterocycles. The van der Waals surface area contributed by atoms with Gasteiger partial charge in [0.05, 0.1) is 5.56 Å². The summed E-state index contributed by atoms with van der Waals surface area (Å²) in [5.41, 5.74) is 1.03. The van der Waals surface area contributed by atoms with Crippen molar-refractivity contribution >= 4 is 12.0 Å². The van der Waals surface area contributed by atoms with Crippen molar-refractivity contribution in [1.82, 2.24) is 9.47 Å². The highest BCUT2D eigenvalue weighted by atomic mass is 16.6. The Morgan fingerprint density at radius 2 is 2.11 bits per heavy atom. The fraction of sp³-hybridized carbons (Fsp3) is 0.571. The number of amides is 2. The molecule has 0 spiro atoms. The third kappa shape index (κ3) is 2.64. The van der Waals surface area contributed by atoms with Crippen LogP contribution in [0.2, 0.25) is 0 Å². The number of fused-ring (bicyclic) bond motifs is 1. The number of nitrogens with zero attached hydrogens (tertiary/aromatic N) is 2. The van der Waals surface area contributed by atoms with Gasteiger partial charge in [-0.3, -0.25) is 4.79 Å². The van der Waals surface area contributed by atoms with Crippen molar-refractivity contribution in [3.05, 3.63) is 23.5 Å². The molecule has 2 rings (SSSR count). The summed E-state index contributed by atoms with van der Waals surface area (Å²) in [6.07, 6.45) is 2.01. The highest BCUT2D eigenvalue weighted by Gasteiger charge is 2.33. The van der Waals surface area contributed by atoms with Gasteiger partial charge in [-0.1, -0.05) is 0 Å². The van der Waals surface area contributed by atoms with Crippen LogP contribution in [-0.4, -0.2) is 33.6 Å². The van der Waals surface area contributed by atoms with Crippen molar-refractivity contribution in [3.63, 3.8) is 0 Å². The molecule has 1 aromatic rings. The third-order valence-electron chi connectivity index (χ3n) is 3.08. The van der Waals surface area contributed by atoms with Crippen molar-refractivity contribution in [2.24, 2.45) is 0 Å². The van der Waals surface area contributed by atoms with Gasteiger partial charge in [-0.25, -0.2) is 9.69 Å². The minimum Gasteiger partial charge on any atom is -0.443 e. The molecule has 0 bridgehead atoms. The van der Waals surface area contributed by atoms with Gasteiger partial charge in [0, 0.05) is 31.4 Å². The zero-order valence-corrected chi connectivity index (χ0v) is 11.9. The highest BCUT2D eigenvalue weighted by Crippen LogP contribution is 2.22. The Morgan fingerprint density at radius 3 is 2.68 bits per heavy atom. The zero-order valence-electron chi connectivity index (χ0n) is 11.9.